The van der Waals surface area contributed by atoms with Gasteiger partial charge in [0.2, 0.25) is 0 Å². The maximum Gasteiger partial charge on any atom is 0.523 e. The molecule has 0 bridgehead atoms. The molecule has 1 heterocycles. The van der Waals surface area contributed by atoms with Crippen molar-refractivity contribution in [1.29, 1.82) is 0 Å². The van der Waals surface area contributed by atoms with Crippen molar-refractivity contribution < 1.29 is 35.2 Å². The lowest BCUT2D eigenvalue weighted by atomic mass is 10.1. The molecule has 0 aromatic rings. The molecule has 1 fully saturated rings. The zero-order chi connectivity index (χ0) is 23.3. The molecule has 184 valence electrons. The zero-order valence-corrected chi connectivity index (χ0v) is 20.1. The molecular formula is C21H43F3O5S. The van der Waals surface area contributed by atoms with Gasteiger partial charge < -0.3 is 9.47 Å². The summed E-state index contributed by atoms with van der Waals surface area (Å²) in [7, 11) is -4.89. The van der Waals surface area contributed by atoms with Crippen LogP contribution < -0.4 is 0 Å². The van der Waals surface area contributed by atoms with E-state index in [0.717, 1.165) is 19.8 Å². The van der Waals surface area contributed by atoms with Gasteiger partial charge >= 0.3 is 15.6 Å². The number of ether oxygens (including phenoxy) is 2. The molecule has 5 nitrogen and oxygen atoms in total. The van der Waals surface area contributed by atoms with Crippen LogP contribution >= 0.6 is 0 Å². The van der Waals surface area contributed by atoms with Crippen molar-refractivity contribution in [3.63, 3.8) is 0 Å². The third kappa shape index (κ3) is 18.4. The minimum atomic E-state index is -5.34. The predicted molar refractivity (Wildman–Crippen MR) is 115 cm³/mol. The Morgan fingerprint density at radius 1 is 0.933 bits per heavy atom. The van der Waals surface area contributed by atoms with Gasteiger partial charge in [-0.15, -0.1) is 0 Å². The van der Waals surface area contributed by atoms with E-state index in [1.807, 2.05) is 13.8 Å². The summed E-state index contributed by atoms with van der Waals surface area (Å²) in [5.41, 5.74) is -5.30. The molecule has 1 rings (SSSR count). The van der Waals surface area contributed by atoms with Crippen molar-refractivity contribution >= 4 is 10.1 Å². The first-order valence-corrected chi connectivity index (χ1v) is 12.7. The standard InChI is InChI=1S/C17H34O2.C2H3F3O3S.C2H6/c1-2-3-4-5-6-7-8-9-10-11-14-18-16-17-13-12-15-19-17;1-8-9(6,7)2(3,4)5;1-2/h17H,2-16H2,1H3;1H3;1-2H3. The predicted octanol–water partition coefficient (Wildman–Crippen LogP) is 6.61. The summed E-state index contributed by atoms with van der Waals surface area (Å²) in [5, 5.41) is 0. The Kier molecular flexibility index (Phi) is 21.8. The number of halogens is 3. The Balaban J connectivity index is 0. The molecular weight excluding hydrogens is 421 g/mol. The van der Waals surface area contributed by atoms with Crippen molar-refractivity contribution in [2.24, 2.45) is 0 Å². The molecule has 30 heavy (non-hydrogen) atoms. The van der Waals surface area contributed by atoms with E-state index >= 15 is 0 Å². The summed E-state index contributed by atoms with van der Waals surface area (Å²) in [6.07, 6.45) is 16.7. The van der Waals surface area contributed by atoms with Gasteiger partial charge in [0, 0.05) is 13.2 Å². The lowest BCUT2D eigenvalue weighted by Crippen LogP contribution is -2.23. The van der Waals surface area contributed by atoms with Gasteiger partial charge in [-0.25, -0.2) is 0 Å². The summed E-state index contributed by atoms with van der Waals surface area (Å²) < 4.78 is 67.1. The van der Waals surface area contributed by atoms with Crippen LogP contribution in [0.1, 0.15) is 97.8 Å². The fraction of sp³-hybridized carbons (Fsp3) is 1.00. The molecule has 0 amide bonds. The van der Waals surface area contributed by atoms with E-state index in [2.05, 4.69) is 11.1 Å². The number of alkyl halides is 3. The van der Waals surface area contributed by atoms with Gasteiger partial charge in [-0.05, 0) is 19.3 Å². The molecule has 0 saturated carbocycles. The minimum absolute atomic E-state index is 0.392. The fourth-order valence-electron chi connectivity index (χ4n) is 2.78. The SMILES string of the molecule is CC.CCCCCCCCCCCCOCC1CCCO1.COS(=O)(=O)C(F)(F)F. The molecule has 1 aliphatic heterocycles. The number of hydrogen-bond acceptors (Lipinski definition) is 5. The van der Waals surface area contributed by atoms with Crippen molar-refractivity contribution in [1.82, 2.24) is 0 Å². The van der Waals surface area contributed by atoms with Crippen molar-refractivity contribution in [3.8, 4) is 0 Å². The summed E-state index contributed by atoms with van der Waals surface area (Å²) in [6, 6.07) is 0. The molecule has 0 aromatic heterocycles. The van der Waals surface area contributed by atoms with Gasteiger partial charge in [0.05, 0.1) is 19.8 Å². The highest BCUT2D eigenvalue weighted by molar-refractivity contribution is 7.87. The summed E-state index contributed by atoms with van der Waals surface area (Å²) in [4.78, 5) is 0. The van der Waals surface area contributed by atoms with E-state index in [4.69, 9.17) is 9.47 Å². The highest BCUT2D eigenvalue weighted by atomic mass is 32.2. The lowest BCUT2D eigenvalue weighted by molar-refractivity contribution is -0.0526. The van der Waals surface area contributed by atoms with Gasteiger partial charge in [-0.1, -0.05) is 78.6 Å². The van der Waals surface area contributed by atoms with Gasteiger partial charge in [-0.2, -0.15) is 21.6 Å². The Hall–Kier alpha value is -0.380. The van der Waals surface area contributed by atoms with Gasteiger partial charge in [0.15, 0.2) is 0 Å². The molecule has 1 atom stereocenters. The molecule has 0 N–H and O–H groups in total. The molecule has 0 aliphatic carbocycles. The normalized spacial score (nSPS) is 16.4. The minimum Gasteiger partial charge on any atom is -0.379 e. The van der Waals surface area contributed by atoms with Crippen LogP contribution in [-0.4, -0.2) is 47.0 Å². The van der Waals surface area contributed by atoms with Crippen molar-refractivity contribution in [2.75, 3.05) is 26.9 Å². The van der Waals surface area contributed by atoms with E-state index in [0.29, 0.717) is 13.2 Å². The van der Waals surface area contributed by atoms with E-state index in [1.54, 1.807) is 0 Å². The third-order valence-corrected chi connectivity index (χ3v) is 5.48. The molecule has 0 radical (unpaired) electrons. The zero-order valence-electron chi connectivity index (χ0n) is 19.3. The summed E-state index contributed by atoms with van der Waals surface area (Å²) in [5.74, 6) is 0. The number of rotatable bonds is 14. The van der Waals surface area contributed by atoms with Gasteiger partial charge in [0.1, 0.15) is 0 Å². The summed E-state index contributed by atoms with van der Waals surface area (Å²) in [6.45, 7) is 8.96. The lowest BCUT2D eigenvalue weighted by Gasteiger charge is -2.09. The van der Waals surface area contributed by atoms with Crippen molar-refractivity contribution in [2.45, 2.75) is 109 Å². The second-order valence-electron chi connectivity index (χ2n) is 6.96. The average Bonchev–Trinajstić information content (AvgIpc) is 3.23. The van der Waals surface area contributed by atoms with E-state index in [-0.39, 0.29) is 0 Å². The maximum atomic E-state index is 11.1. The van der Waals surface area contributed by atoms with Crippen LogP contribution in [0.2, 0.25) is 0 Å². The van der Waals surface area contributed by atoms with Gasteiger partial charge in [0.25, 0.3) is 0 Å². The smallest absolute Gasteiger partial charge is 0.379 e. The van der Waals surface area contributed by atoms with Crippen LogP contribution in [0.5, 0.6) is 0 Å². The number of unbranched alkanes of at least 4 members (excludes halogenated alkanes) is 9. The van der Waals surface area contributed by atoms with Crippen molar-refractivity contribution in [3.05, 3.63) is 0 Å². The van der Waals surface area contributed by atoms with Crippen LogP contribution in [0.4, 0.5) is 13.2 Å². The van der Waals surface area contributed by atoms with Crippen LogP contribution in [0.25, 0.3) is 0 Å². The van der Waals surface area contributed by atoms with Gasteiger partial charge in [-0.3, -0.25) is 4.18 Å². The monoisotopic (exact) mass is 464 g/mol. The Labute approximate surface area is 182 Å². The van der Waals surface area contributed by atoms with E-state index in [1.165, 1.54) is 77.0 Å². The van der Waals surface area contributed by atoms with Crippen LogP contribution in [0.15, 0.2) is 0 Å². The Morgan fingerprint density at radius 3 is 1.80 bits per heavy atom. The third-order valence-electron chi connectivity index (χ3n) is 4.47. The van der Waals surface area contributed by atoms with E-state index in [9.17, 15) is 21.6 Å². The fourth-order valence-corrected chi connectivity index (χ4v) is 2.97. The molecule has 9 heteroatoms. The quantitative estimate of drug-likeness (QED) is 0.164. The molecule has 1 aliphatic rings. The average molecular weight is 465 g/mol. The maximum absolute atomic E-state index is 11.1. The van der Waals surface area contributed by atoms with Crippen LogP contribution in [0, 0.1) is 0 Å². The topological polar surface area (TPSA) is 61.8 Å². The number of hydrogen-bond donors (Lipinski definition) is 0. The molecule has 1 unspecified atom stereocenters. The largest absolute Gasteiger partial charge is 0.523 e. The highest BCUT2D eigenvalue weighted by Crippen LogP contribution is 2.23. The second kappa shape index (κ2) is 20.5. The summed E-state index contributed by atoms with van der Waals surface area (Å²) >= 11 is 0. The highest BCUT2D eigenvalue weighted by Gasteiger charge is 2.46. The van der Waals surface area contributed by atoms with Crippen LogP contribution in [-0.2, 0) is 23.8 Å². The van der Waals surface area contributed by atoms with E-state index < -0.39 is 15.6 Å². The first-order valence-electron chi connectivity index (χ1n) is 11.3. The molecule has 0 aromatic carbocycles. The molecule has 0 spiro atoms. The first kappa shape index (κ1) is 31.8. The van der Waals surface area contributed by atoms with Crippen LogP contribution in [0.3, 0.4) is 0 Å². The Bertz CT molecular complexity index is 450. The Morgan fingerprint density at radius 2 is 1.43 bits per heavy atom. The second-order valence-corrected chi connectivity index (χ2v) is 8.66. The molecule has 1 saturated heterocycles. The first-order chi connectivity index (χ1) is 14.2.